The summed E-state index contributed by atoms with van der Waals surface area (Å²) in [5.41, 5.74) is 1.43. The van der Waals surface area contributed by atoms with Crippen LogP contribution in [0.4, 0.5) is 0 Å². The van der Waals surface area contributed by atoms with E-state index < -0.39 is 0 Å². The van der Waals surface area contributed by atoms with Crippen LogP contribution in [0.25, 0.3) is 0 Å². The van der Waals surface area contributed by atoms with Crippen LogP contribution in [0.2, 0.25) is 5.02 Å². The minimum atomic E-state index is -0.345. The number of nitriles is 1. The molecule has 0 radical (unpaired) electrons. The van der Waals surface area contributed by atoms with Gasteiger partial charge in [0.2, 0.25) is 0 Å². The lowest BCUT2D eigenvalue weighted by Crippen LogP contribution is -2.31. The highest BCUT2D eigenvalue weighted by atomic mass is 35.5. The average molecular weight is 254 g/mol. The Kier molecular flexibility index (Phi) is 3.41. The Labute approximate surface area is 106 Å². The standard InChI is InChI=1S/C12H16ClN3O/c1-9-11(13)10(16(2)15-9)7-12(8-14)3-5-17-6-4-12/h3-7H2,1-2H3. The Morgan fingerprint density at radius 1 is 1.53 bits per heavy atom. The topological polar surface area (TPSA) is 50.8 Å². The summed E-state index contributed by atoms with van der Waals surface area (Å²) in [4.78, 5) is 0. The van der Waals surface area contributed by atoms with Gasteiger partial charge in [-0.2, -0.15) is 10.4 Å². The number of hydrogen-bond donors (Lipinski definition) is 0. The molecule has 1 aromatic rings. The second kappa shape index (κ2) is 4.67. The van der Waals surface area contributed by atoms with Crippen LogP contribution in [-0.2, 0) is 18.2 Å². The fourth-order valence-electron chi connectivity index (χ4n) is 2.28. The van der Waals surface area contributed by atoms with Crippen LogP contribution in [0.3, 0.4) is 0 Å². The molecular formula is C12H16ClN3O. The first-order chi connectivity index (χ1) is 8.08. The quantitative estimate of drug-likeness (QED) is 0.812. The summed E-state index contributed by atoms with van der Waals surface area (Å²) in [6, 6.07) is 2.45. The lowest BCUT2D eigenvalue weighted by atomic mass is 9.78. The average Bonchev–Trinajstić information content (AvgIpc) is 2.57. The molecular weight excluding hydrogens is 238 g/mol. The van der Waals surface area contributed by atoms with Gasteiger partial charge in [0.05, 0.1) is 27.9 Å². The van der Waals surface area contributed by atoms with Gasteiger partial charge in [-0.1, -0.05) is 11.6 Å². The maximum Gasteiger partial charge on any atom is 0.0847 e. The molecule has 1 aliphatic rings. The maximum absolute atomic E-state index is 9.41. The molecule has 1 saturated heterocycles. The van der Waals surface area contributed by atoms with Crippen LogP contribution in [0.5, 0.6) is 0 Å². The molecule has 1 fully saturated rings. The van der Waals surface area contributed by atoms with Gasteiger partial charge in [0.15, 0.2) is 0 Å². The third kappa shape index (κ3) is 2.31. The van der Waals surface area contributed by atoms with Crippen molar-refractivity contribution in [1.29, 1.82) is 5.26 Å². The molecule has 0 unspecified atom stereocenters. The number of aromatic nitrogens is 2. The van der Waals surface area contributed by atoms with E-state index in [0.29, 0.717) is 24.7 Å². The molecule has 2 heterocycles. The number of hydrogen-bond acceptors (Lipinski definition) is 3. The zero-order chi connectivity index (χ0) is 12.5. The highest BCUT2D eigenvalue weighted by Gasteiger charge is 2.34. The fourth-order valence-corrected chi connectivity index (χ4v) is 2.51. The van der Waals surface area contributed by atoms with Crippen molar-refractivity contribution in [3.8, 4) is 6.07 Å². The summed E-state index contributed by atoms with van der Waals surface area (Å²) in [6.07, 6.45) is 2.19. The molecule has 0 bridgehead atoms. The van der Waals surface area contributed by atoms with E-state index in [2.05, 4.69) is 11.2 Å². The van der Waals surface area contributed by atoms with Gasteiger partial charge in [0.1, 0.15) is 0 Å². The van der Waals surface area contributed by atoms with Crippen molar-refractivity contribution in [2.75, 3.05) is 13.2 Å². The molecule has 2 rings (SSSR count). The zero-order valence-corrected chi connectivity index (χ0v) is 10.9. The van der Waals surface area contributed by atoms with Crippen molar-refractivity contribution in [1.82, 2.24) is 9.78 Å². The van der Waals surface area contributed by atoms with E-state index >= 15 is 0 Å². The Morgan fingerprint density at radius 2 is 2.18 bits per heavy atom. The minimum Gasteiger partial charge on any atom is -0.381 e. The molecule has 5 heteroatoms. The van der Waals surface area contributed by atoms with Crippen LogP contribution in [0.15, 0.2) is 0 Å². The van der Waals surface area contributed by atoms with Crippen LogP contribution in [-0.4, -0.2) is 23.0 Å². The minimum absolute atomic E-state index is 0.345. The third-order valence-electron chi connectivity index (χ3n) is 3.45. The summed E-state index contributed by atoms with van der Waals surface area (Å²) >= 11 is 6.23. The van der Waals surface area contributed by atoms with Crippen LogP contribution < -0.4 is 0 Å². The van der Waals surface area contributed by atoms with Crippen molar-refractivity contribution in [2.24, 2.45) is 12.5 Å². The van der Waals surface area contributed by atoms with Crippen molar-refractivity contribution < 1.29 is 4.74 Å². The molecule has 1 aliphatic heterocycles. The van der Waals surface area contributed by atoms with Gasteiger partial charge in [-0.15, -0.1) is 0 Å². The molecule has 17 heavy (non-hydrogen) atoms. The van der Waals surface area contributed by atoms with Crippen molar-refractivity contribution in [3.05, 3.63) is 16.4 Å². The summed E-state index contributed by atoms with van der Waals surface area (Å²) in [5.74, 6) is 0. The number of ether oxygens (including phenoxy) is 1. The summed E-state index contributed by atoms with van der Waals surface area (Å²) < 4.78 is 7.11. The number of halogens is 1. The van der Waals surface area contributed by atoms with Crippen molar-refractivity contribution in [2.45, 2.75) is 26.2 Å². The van der Waals surface area contributed by atoms with E-state index in [4.69, 9.17) is 16.3 Å². The molecule has 0 aromatic carbocycles. The summed E-state index contributed by atoms with van der Waals surface area (Å²) in [7, 11) is 1.87. The number of aryl methyl sites for hydroxylation is 2. The van der Waals surface area contributed by atoms with Crippen LogP contribution >= 0.6 is 11.6 Å². The van der Waals surface area contributed by atoms with E-state index in [1.165, 1.54) is 0 Å². The molecule has 0 N–H and O–H groups in total. The lowest BCUT2D eigenvalue weighted by Gasteiger charge is -2.30. The Bertz CT molecular complexity index is 455. The number of rotatable bonds is 2. The first-order valence-electron chi connectivity index (χ1n) is 5.75. The van der Waals surface area contributed by atoms with E-state index in [1.807, 2.05) is 14.0 Å². The molecule has 0 amide bonds. The first kappa shape index (κ1) is 12.4. The van der Waals surface area contributed by atoms with Crippen LogP contribution in [0.1, 0.15) is 24.2 Å². The first-order valence-corrected chi connectivity index (χ1v) is 6.13. The smallest absolute Gasteiger partial charge is 0.0847 e. The molecule has 1 aromatic heterocycles. The zero-order valence-electron chi connectivity index (χ0n) is 10.2. The Morgan fingerprint density at radius 3 is 2.65 bits per heavy atom. The second-order valence-electron chi connectivity index (χ2n) is 4.65. The molecule has 0 atom stereocenters. The molecule has 4 nitrogen and oxygen atoms in total. The highest BCUT2D eigenvalue weighted by molar-refractivity contribution is 6.31. The highest BCUT2D eigenvalue weighted by Crippen LogP contribution is 2.35. The van der Waals surface area contributed by atoms with Crippen molar-refractivity contribution >= 4 is 11.6 Å². The van der Waals surface area contributed by atoms with E-state index in [-0.39, 0.29) is 5.41 Å². The molecule has 0 aliphatic carbocycles. The Hall–Kier alpha value is -1.05. The van der Waals surface area contributed by atoms with E-state index in [0.717, 1.165) is 24.2 Å². The second-order valence-corrected chi connectivity index (χ2v) is 5.03. The van der Waals surface area contributed by atoms with Gasteiger partial charge in [0.25, 0.3) is 0 Å². The molecule has 92 valence electrons. The van der Waals surface area contributed by atoms with Crippen LogP contribution in [0, 0.1) is 23.7 Å². The number of nitrogens with zero attached hydrogens (tertiary/aromatic N) is 3. The summed E-state index contributed by atoms with van der Waals surface area (Å²) in [6.45, 7) is 3.19. The van der Waals surface area contributed by atoms with Gasteiger partial charge < -0.3 is 4.74 Å². The lowest BCUT2D eigenvalue weighted by molar-refractivity contribution is 0.0399. The van der Waals surface area contributed by atoms with E-state index in [1.54, 1.807) is 4.68 Å². The normalized spacial score (nSPS) is 18.9. The summed E-state index contributed by atoms with van der Waals surface area (Å²) in [5, 5.41) is 14.4. The molecule has 0 saturated carbocycles. The fraction of sp³-hybridized carbons (Fsp3) is 0.667. The predicted octanol–water partition coefficient (Wildman–Crippen LogP) is 2.24. The third-order valence-corrected chi connectivity index (χ3v) is 3.95. The molecule has 0 spiro atoms. The predicted molar refractivity (Wildman–Crippen MR) is 64.8 cm³/mol. The SMILES string of the molecule is Cc1nn(C)c(CC2(C#N)CCOCC2)c1Cl. The van der Waals surface area contributed by atoms with Gasteiger partial charge in [-0.3, -0.25) is 4.68 Å². The van der Waals surface area contributed by atoms with E-state index in [9.17, 15) is 5.26 Å². The van der Waals surface area contributed by atoms with Gasteiger partial charge in [-0.25, -0.2) is 0 Å². The van der Waals surface area contributed by atoms with Crippen molar-refractivity contribution in [3.63, 3.8) is 0 Å². The van der Waals surface area contributed by atoms with Gasteiger partial charge in [-0.05, 0) is 19.8 Å². The van der Waals surface area contributed by atoms with Gasteiger partial charge in [0, 0.05) is 26.7 Å². The monoisotopic (exact) mass is 253 g/mol. The Balaban J connectivity index is 2.27. The maximum atomic E-state index is 9.41. The largest absolute Gasteiger partial charge is 0.381 e. The van der Waals surface area contributed by atoms with Gasteiger partial charge >= 0.3 is 0 Å².